The molecule has 32 heavy (non-hydrogen) atoms. The summed E-state index contributed by atoms with van der Waals surface area (Å²) in [6.07, 6.45) is 2.39. The maximum absolute atomic E-state index is 12.9. The number of hydrogen-bond donors (Lipinski definition) is 1. The highest BCUT2D eigenvalue weighted by Crippen LogP contribution is 2.21. The van der Waals surface area contributed by atoms with Gasteiger partial charge >= 0.3 is 0 Å². The Hall–Kier alpha value is -2.01. The number of methoxy groups -OCH3 is 1. The molecule has 10 heteroatoms. The number of ether oxygens (including phenoxy) is 1. The van der Waals surface area contributed by atoms with Gasteiger partial charge in [-0.2, -0.15) is 16.1 Å². The molecule has 0 aliphatic carbocycles. The molecule has 174 valence electrons. The van der Waals surface area contributed by atoms with Crippen LogP contribution in [-0.4, -0.2) is 97.8 Å². The van der Waals surface area contributed by atoms with Gasteiger partial charge in [0.15, 0.2) is 0 Å². The monoisotopic (exact) mass is 478 g/mol. The largest absolute Gasteiger partial charge is 0.497 e. The van der Waals surface area contributed by atoms with E-state index >= 15 is 0 Å². The van der Waals surface area contributed by atoms with Crippen LogP contribution < -0.4 is 4.74 Å². The van der Waals surface area contributed by atoms with Crippen molar-refractivity contribution >= 4 is 27.7 Å². The number of sulfonamides is 1. The molecule has 1 aromatic heterocycles. The molecule has 2 saturated heterocycles. The third kappa shape index (κ3) is 5.31. The SMILES string of the molecule is COc1ccc(CCN2CCN(C(=O)c3cc(S(=O)(=O)N4CCSCC4)c[nH]3)CC2)cc1. The Bertz CT molecular complexity index is 1010. The van der Waals surface area contributed by atoms with E-state index in [1.165, 1.54) is 22.1 Å². The molecule has 8 nitrogen and oxygen atoms in total. The van der Waals surface area contributed by atoms with Gasteiger partial charge in [0.2, 0.25) is 10.0 Å². The average Bonchev–Trinajstić information content (AvgIpc) is 3.35. The molecule has 0 spiro atoms. The number of nitrogens with zero attached hydrogens (tertiary/aromatic N) is 3. The Morgan fingerprint density at radius 3 is 2.41 bits per heavy atom. The Kier molecular flexibility index (Phi) is 7.44. The third-order valence-electron chi connectivity index (χ3n) is 6.03. The fraction of sp³-hybridized carbons (Fsp3) is 0.500. The highest BCUT2D eigenvalue weighted by atomic mass is 32.2. The standard InChI is InChI=1S/C22H30N4O4S2/c1-30-19-4-2-18(3-5-19)6-7-24-8-10-25(11-9-24)22(27)21-16-20(17-23-21)32(28,29)26-12-14-31-15-13-26/h2-5,16-17,23H,6-15H2,1H3. The van der Waals surface area contributed by atoms with Crippen molar-refractivity contribution in [1.29, 1.82) is 0 Å². The molecular formula is C22H30N4O4S2. The maximum Gasteiger partial charge on any atom is 0.270 e. The highest BCUT2D eigenvalue weighted by molar-refractivity contribution is 7.99. The summed E-state index contributed by atoms with van der Waals surface area (Å²) >= 11 is 1.76. The van der Waals surface area contributed by atoms with Crippen LogP contribution >= 0.6 is 11.8 Å². The first-order valence-electron chi connectivity index (χ1n) is 10.9. The number of hydrogen-bond acceptors (Lipinski definition) is 6. The van der Waals surface area contributed by atoms with E-state index in [9.17, 15) is 13.2 Å². The minimum absolute atomic E-state index is 0.143. The van der Waals surface area contributed by atoms with E-state index in [2.05, 4.69) is 22.0 Å². The number of aromatic nitrogens is 1. The van der Waals surface area contributed by atoms with Crippen LogP contribution in [0.4, 0.5) is 0 Å². The number of nitrogens with one attached hydrogen (secondary N) is 1. The van der Waals surface area contributed by atoms with Crippen LogP contribution in [0.5, 0.6) is 5.75 Å². The molecule has 0 radical (unpaired) electrons. The Morgan fingerprint density at radius 2 is 1.75 bits per heavy atom. The van der Waals surface area contributed by atoms with Crippen molar-refractivity contribution in [2.75, 3.05) is 64.4 Å². The van der Waals surface area contributed by atoms with Crippen molar-refractivity contribution in [3.05, 3.63) is 47.8 Å². The van der Waals surface area contributed by atoms with Crippen LogP contribution in [-0.2, 0) is 16.4 Å². The summed E-state index contributed by atoms with van der Waals surface area (Å²) in [5.74, 6) is 2.32. The minimum Gasteiger partial charge on any atom is -0.497 e. The first-order valence-corrected chi connectivity index (χ1v) is 13.5. The van der Waals surface area contributed by atoms with Gasteiger partial charge in [0.25, 0.3) is 5.91 Å². The molecule has 1 aromatic carbocycles. The molecule has 1 amide bonds. The normalized spacial score (nSPS) is 18.6. The molecule has 2 aliphatic heterocycles. The van der Waals surface area contributed by atoms with Crippen molar-refractivity contribution < 1.29 is 17.9 Å². The second-order valence-electron chi connectivity index (χ2n) is 8.00. The van der Waals surface area contributed by atoms with Crippen molar-refractivity contribution in [3.8, 4) is 5.75 Å². The van der Waals surface area contributed by atoms with Gasteiger partial charge in [0, 0.05) is 63.5 Å². The Balaban J connectivity index is 1.29. The van der Waals surface area contributed by atoms with Crippen LogP contribution in [0.25, 0.3) is 0 Å². The summed E-state index contributed by atoms with van der Waals surface area (Å²) < 4.78 is 32.4. The number of thioether (sulfide) groups is 1. The predicted octanol–water partition coefficient (Wildman–Crippen LogP) is 1.76. The van der Waals surface area contributed by atoms with Gasteiger partial charge in [-0.25, -0.2) is 8.42 Å². The molecule has 2 aliphatic rings. The molecule has 3 heterocycles. The molecule has 0 unspecified atom stereocenters. The van der Waals surface area contributed by atoms with Crippen molar-refractivity contribution in [2.45, 2.75) is 11.3 Å². The molecule has 2 aromatic rings. The van der Waals surface area contributed by atoms with Gasteiger partial charge < -0.3 is 14.6 Å². The molecule has 0 saturated carbocycles. The lowest BCUT2D eigenvalue weighted by molar-refractivity contribution is 0.0633. The van der Waals surface area contributed by atoms with E-state index in [0.717, 1.165) is 43.3 Å². The quantitative estimate of drug-likeness (QED) is 0.653. The van der Waals surface area contributed by atoms with Gasteiger partial charge in [0.1, 0.15) is 16.3 Å². The number of carbonyl (C=O) groups is 1. The predicted molar refractivity (Wildman–Crippen MR) is 126 cm³/mol. The van der Waals surface area contributed by atoms with Crippen LogP contribution in [0.2, 0.25) is 0 Å². The molecular weight excluding hydrogens is 448 g/mol. The van der Waals surface area contributed by atoms with E-state index in [0.29, 0.717) is 31.9 Å². The van der Waals surface area contributed by atoms with E-state index in [4.69, 9.17) is 4.74 Å². The summed E-state index contributed by atoms with van der Waals surface area (Å²) in [7, 11) is -1.89. The minimum atomic E-state index is -3.55. The zero-order valence-electron chi connectivity index (χ0n) is 18.3. The topological polar surface area (TPSA) is 85.9 Å². The van der Waals surface area contributed by atoms with Crippen LogP contribution in [0.1, 0.15) is 16.1 Å². The van der Waals surface area contributed by atoms with E-state index in [1.807, 2.05) is 12.1 Å². The number of amides is 1. The summed E-state index contributed by atoms with van der Waals surface area (Å²) in [6.45, 7) is 4.84. The van der Waals surface area contributed by atoms with Crippen molar-refractivity contribution in [2.24, 2.45) is 0 Å². The van der Waals surface area contributed by atoms with Gasteiger partial charge in [-0.05, 0) is 30.2 Å². The van der Waals surface area contributed by atoms with E-state index in [1.54, 1.807) is 23.8 Å². The summed E-state index contributed by atoms with van der Waals surface area (Å²) in [4.78, 5) is 20.1. The second kappa shape index (κ2) is 10.3. The molecule has 0 atom stereocenters. The number of piperazine rings is 1. The fourth-order valence-electron chi connectivity index (χ4n) is 4.01. The van der Waals surface area contributed by atoms with Crippen molar-refractivity contribution in [3.63, 3.8) is 0 Å². The number of carbonyl (C=O) groups excluding carboxylic acids is 1. The van der Waals surface area contributed by atoms with Crippen LogP contribution in [0, 0.1) is 0 Å². The Morgan fingerprint density at radius 1 is 1.06 bits per heavy atom. The van der Waals surface area contributed by atoms with Crippen LogP contribution in [0.15, 0.2) is 41.4 Å². The molecule has 0 bridgehead atoms. The smallest absolute Gasteiger partial charge is 0.270 e. The zero-order chi connectivity index (χ0) is 22.6. The number of H-pyrrole nitrogens is 1. The lowest BCUT2D eigenvalue weighted by Crippen LogP contribution is -2.49. The lowest BCUT2D eigenvalue weighted by Gasteiger charge is -2.34. The maximum atomic E-state index is 12.9. The third-order valence-corrected chi connectivity index (χ3v) is 8.85. The van der Waals surface area contributed by atoms with Gasteiger partial charge in [0.05, 0.1) is 7.11 Å². The second-order valence-corrected chi connectivity index (χ2v) is 11.2. The summed E-state index contributed by atoms with van der Waals surface area (Å²) in [6, 6.07) is 9.59. The average molecular weight is 479 g/mol. The van der Waals surface area contributed by atoms with E-state index < -0.39 is 10.0 Å². The molecule has 4 rings (SSSR count). The molecule has 1 N–H and O–H groups in total. The summed E-state index contributed by atoms with van der Waals surface area (Å²) in [5.41, 5.74) is 1.60. The highest BCUT2D eigenvalue weighted by Gasteiger charge is 2.29. The Labute approximate surface area is 194 Å². The zero-order valence-corrected chi connectivity index (χ0v) is 20.0. The number of rotatable bonds is 7. The van der Waals surface area contributed by atoms with Crippen molar-refractivity contribution in [1.82, 2.24) is 19.1 Å². The van der Waals surface area contributed by atoms with Gasteiger partial charge in [-0.1, -0.05) is 12.1 Å². The van der Waals surface area contributed by atoms with E-state index in [-0.39, 0.29) is 10.8 Å². The summed E-state index contributed by atoms with van der Waals surface area (Å²) in [5, 5.41) is 0. The first-order chi connectivity index (χ1) is 15.5. The first kappa shape index (κ1) is 23.2. The fourth-order valence-corrected chi connectivity index (χ4v) is 6.58. The number of benzene rings is 1. The lowest BCUT2D eigenvalue weighted by atomic mass is 10.1. The van der Waals surface area contributed by atoms with Gasteiger partial charge in [-0.3, -0.25) is 9.69 Å². The number of aromatic amines is 1. The van der Waals surface area contributed by atoms with Crippen LogP contribution in [0.3, 0.4) is 0 Å². The van der Waals surface area contributed by atoms with Gasteiger partial charge in [-0.15, -0.1) is 0 Å². The molecule has 2 fully saturated rings.